The Kier molecular flexibility index (Phi) is 5.78. The third-order valence-electron chi connectivity index (χ3n) is 4.64. The zero-order valence-corrected chi connectivity index (χ0v) is 15.2. The Balaban J connectivity index is 1.71. The van der Waals surface area contributed by atoms with Gasteiger partial charge in [-0.25, -0.2) is 0 Å². The van der Waals surface area contributed by atoms with Crippen LogP contribution in [0.2, 0.25) is 5.02 Å². The molecule has 0 unspecified atom stereocenters. The molecular weight excluding hydrogens is 340 g/mol. The second-order valence-electron chi connectivity index (χ2n) is 6.38. The summed E-state index contributed by atoms with van der Waals surface area (Å²) in [5, 5.41) is 11.1. The Morgan fingerprint density at radius 1 is 1.20 bits per heavy atom. The molecule has 1 fully saturated rings. The number of halogens is 1. The van der Waals surface area contributed by atoms with Gasteiger partial charge in [-0.1, -0.05) is 11.6 Å². The molecule has 1 aliphatic heterocycles. The standard InChI is InChI=1S/C19H23ClN2O3/c1-24-18-9-16(20)8-15(19(18)25-2)11-22-10-14(17(23)12-22)7-13-3-5-21-6-4-13/h3-6,8-9,14,17,23H,7,10-12H2,1-2H3/t14-,17+/m1/s1. The molecular formula is C19H23ClN2O3. The summed E-state index contributed by atoms with van der Waals surface area (Å²) in [5.74, 6) is 1.52. The lowest BCUT2D eigenvalue weighted by Crippen LogP contribution is -2.21. The first-order chi connectivity index (χ1) is 12.1. The van der Waals surface area contributed by atoms with Gasteiger partial charge in [0, 0.05) is 54.6 Å². The van der Waals surface area contributed by atoms with Gasteiger partial charge in [0.15, 0.2) is 11.5 Å². The number of hydrogen-bond acceptors (Lipinski definition) is 5. The smallest absolute Gasteiger partial charge is 0.165 e. The first-order valence-corrected chi connectivity index (χ1v) is 8.68. The van der Waals surface area contributed by atoms with E-state index in [0.29, 0.717) is 29.6 Å². The van der Waals surface area contributed by atoms with Gasteiger partial charge in [-0.05, 0) is 30.2 Å². The van der Waals surface area contributed by atoms with Crippen molar-refractivity contribution in [3.05, 3.63) is 52.8 Å². The van der Waals surface area contributed by atoms with Crippen LogP contribution in [0.3, 0.4) is 0 Å². The molecule has 1 N–H and O–H groups in total. The maximum Gasteiger partial charge on any atom is 0.165 e. The Hall–Kier alpha value is -1.82. The van der Waals surface area contributed by atoms with Crippen LogP contribution in [0.1, 0.15) is 11.1 Å². The highest BCUT2D eigenvalue weighted by atomic mass is 35.5. The van der Waals surface area contributed by atoms with Crippen LogP contribution in [-0.2, 0) is 13.0 Å². The summed E-state index contributed by atoms with van der Waals surface area (Å²) < 4.78 is 10.9. The zero-order chi connectivity index (χ0) is 17.8. The van der Waals surface area contributed by atoms with Crippen molar-refractivity contribution in [3.63, 3.8) is 0 Å². The molecule has 1 aliphatic rings. The van der Waals surface area contributed by atoms with Crippen molar-refractivity contribution in [2.45, 2.75) is 19.1 Å². The van der Waals surface area contributed by atoms with Crippen LogP contribution in [0.25, 0.3) is 0 Å². The molecule has 0 amide bonds. The van der Waals surface area contributed by atoms with Gasteiger partial charge in [0.05, 0.1) is 20.3 Å². The van der Waals surface area contributed by atoms with Crippen molar-refractivity contribution in [1.29, 1.82) is 0 Å². The summed E-state index contributed by atoms with van der Waals surface area (Å²) in [7, 11) is 3.22. The van der Waals surface area contributed by atoms with Crippen LogP contribution in [-0.4, -0.2) is 48.4 Å². The normalized spacial score (nSPS) is 20.6. The van der Waals surface area contributed by atoms with Crippen molar-refractivity contribution in [3.8, 4) is 11.5 Å². The fraction of sp³-hybridized carbons (Fsp3) is 0.421. The molecule has 0 radical (unpaired) electrons. The van der Waals surface area contributed by atoms with E-state index < -0.39 is 0 Å². The average Bonchev–Trinajstić information content (AvgIpc) is 2.94. The minimum Gasteiger partial charge on any atom is -0.493 e. The Labute approximate surface area is 153 Å². The van der Waals surface area contributed by atoms with Crippen molar-refractivity contribution in [2.24, 2.45) is 5.92 Å². The number of ether oxygens (including phenoxy) is 2. The average molecular weight is 363 g/mol. The first-order valence-electron chi connectivity index (χ1n) is 8.30. The van der Waals surface area contributed by atoms with Crippen LogP contribution >= 0.6 is 11.6 Å². The Bertz CT molecular complexity index is 711. The number of methoxy groups -OCH3 is 2. The van der Waals surface area contributed by atoms with Gasteiger partial charge in [-0.3, -0.25) is 9.88 Å². The van der Waals surface area contributed by atoms with E-state index in [-0.39, 0.29) is 12.0 Å². The molecule has 2 atom stereocenters. The van der Waals surface area contributed by atoms with Gasteiger partial charge < -0.3 is 14.6 Å². The summed E-state index contributed by atoms with van der Waals surface area (Å²) in [6.45, 7) is 2.11. The third kappa shape index (κ3) is 4.24. The highest BCUT2D eigenvalue weighted by Crippen LogP contribution is 2.36. The van der Waals surface area contributed by atoms with Gasteiger partial charge in [0.25, 0.3) is 0 Å². The lowest BCUT2D eigenvalue weighted by molar-refractivity contribution is 0.141. The molecule has 1 aromatic carbocycles. The van der Waals surface area contributed by atoms with Crippen LogP contribution in [0, 0.1) is 5.92 Å². The molecule has 2 heterocycles. The minimum absolute atomic E-state index is 0.203. The second-order valence-corrected chi connectivity index (χ2v) is 6.82. The van der Waals surface area contributed by atoms with Crippen molar-refractivity contribution in [1.82, 2.24) is 9.88 Å². The number of rotatable bonds is 6. The monoisotopic (exact) mass is 362 g/mol. The molecule has 1 aromatic heterocycles. The fourth-order valence-corrected chi connectivity index (χ4v) is 3.69. The molecule has 134 valence electrons. The van der Waals surface area contributed by atoms with E-state index in [1.54, 1.807) is 32.7 Å². The molecule has 6 heteroatoms. The van der Waals surface area contributed by atoms with E-state index in [2.05, 4.69) is 9.88 Å². The number of aromatic nitrogens is 1. The maximum atomic E-state index is 10.4. The summed E-state index contributed by atoms with van der Waals surface area (Å²) >= 11 is 6.20. The fourth-order valence-electron chi connectivity index (χ4n) is 3.46. The predicted molar refractivity (Wildman–Crippen MR) is 97.3 cm³/mol. The number of aliphatic hydroxyl groups excluding tert-OH is 1. The molecule has 0 saturated carbocycles. The number of β-amino-alcohol motifs (C(OH)–C–C–N with tert-alkyl or cyclic N) is 1. The molecule has 0 spiro atoms. The van der Waals surface area contributed by atoms with E-state index in [1.807, 2.05) is 18.2 Å². The lowest BCUT2D eigenvalue weighted by Gasteiger charge is -2.19. The van der Waals surface area contributed by atoms with Gasteiger partial charge in [-0.15, -0.1) is 0 Å². The van der Waals surface area contributed by atoms with Crippen molar-refractivity contribution in [2.75, 3.05) is 27.3 Å². The molecule has 5 nitrogen and oxygen atoms in total. The Morgan fingerprint density at radius 3 is 2.64 bits per heavy atom. The third-order valence-corrected chi connectivity index (χ3v) is 4.86. The largest absolute Gasteiger partial charge is 0.493 e. The molecule has 3 rings (SSSR count). The van der Waals surface area contributed by atoms with Crippen LogP contribution < -0.4 is 9.47 Å². The lowest BCUT2D eigenvalue weighted by atomic mass is 9.97. The van der Waals surface area contributed by atoms with E-state index in [4.69, 9.17) is 21.1 Å². The van der Waals surface area contributed by atoms with Gasteiger partial charge >= 0.3 is 0 Å². The van der Waals surface area contributed by atoms with E-state index in [0.717, 1.165) is 18.5 Å². The van der Waals surface area contributed by atoms with Crippen LogP contribution in [0.5, 0.6) is 11.5 Å². The molecule has 2 aromatic rings. The quantitative estimate of drug-likeness (QED) is 0.856. The van der Waals surface area contributed by atoms with E-state index in [1.165, 1.54) is 5.56 Å². The zero-order valence-electron chi connectivity index (χ0n) is 14.5. The number of hydrogen-bond donors (Lipinski definition) is 1. The van der Waals surface area contributed by atoms with Crippen LogP contribution in [0.4, 0.5) is 0 Å². The molecule has 1 saturated heterocycles. The predicted octanol–water partition coefficient (Wildman–Crippen LogP) is 2.79. The number of likely N-dealkylation sites (tertiary alicyclic amines) is 1. The maximum absolute atomic E-state index is 10.4. The number of benzene rings is 1. The summed E-state index contributed by atoms with van der Waals surface area (Å²) in [6.07, 6.45) is 4.07. The molecule has 0 bridgehead atoms. The number of pyridine rings is 1. The topological polar surface area (TPSA) is 54.8 Å². The van der Waals surface area contributed by atoms with Crippen LogP contribution in [0.15, 0.2) is 36.7 Å². The highest BCUT2D eigenvalue weighted by Gasteiger charge is 2.32. The summed E-state index contributed by atoms with van der Waals surface area (Å²) in [4.78, 5) is 6.27. The highest BCUT2D eigenvalue weighted by molar-refractivity contribution is 6.30. The minimum atomic E-state index is -0.347. The molecule has 0 aliphatic carbocycles. The second kappa shape index (κ2) is 8.04. The number of aliphatic hydroxyl groups is 1. The van der Waals surface area contributed by atoms with Gasteiger partial charge in [0.1, 0.15) is 0 Å². The van der Waals surface area contributed by atoms with E-state index >= 15 is 0 Å². The van der Waals surface area contributed by atoms with Gasteiger partial charge in [0.2, 0.25) is 0 Å². The summed E-state index contributed by atoms with van der Waals surface area (Å²) in [6, 6.07) is 7.64. The van der Waals surface area contributed by atoms with Crippen molar-refractivity contribution >= 4 is 11.6 Å². The SMILES string of the molecule is COc1cc(Cl)cc(CN2C[C@@H](Cc3ccncc3)[C@@H](O)C2)c1OC. The summed E-state index contributed by atoms with van der Waals surface area (Å²) in [5.41, 5.74) is 2.16. The molecule has 25 heavy (non-hydrogen) atoms. The van der Waals surface area contributed by atoms with Crippen molar-refractivity contribution < 1.29 is 14.6 Å². The van der Waals surface area contributed by atoms with E-state index in [9.17, 15) is 5.11 Å². The first kappa shape index (κ1) is 18.0. The van der Waals surface area contributed by atoms with Gasteiger partial charge in [-0.2, -0.15) is 0 Å². The Morgan fingerprint density at radius 2 is 1.96 bits per heavy atom. The number of nitrogens with zero attached hydrogens (tertiary/aromatic N) is 2.